The third-order valence-corrected chi connectivity index (χ3v) is 3.57. The van der Waals surface area contributed by atoms with E-state index in [0.29, 0.717) is 22.2 Å². The minimum atomic E-state index is -0.192. The second-order valence-corrected chi connectivity index (χ2v) is 5.69. The molecule has 19 heavy (non-hydrogen) atoms. The molecule has 0 radical (unpaired) electrons. The third kappa shape index (κ3) is 3.96. The van der Waals surface area contributed by atoms with E-state index in [-0.39, 0.29) is 5.91 Å². The molecule has 0 fully saturated rings. The van der Waals surface area contributed by atoms with Crippen LogP contribution in [0.4, 0.5) is 0 Å². The average Bonchev–Trinajstić information content (AvgIpc) is 2.36. The summed E-state index contributed by atoms with van der Waals surface area (Å²) in [4.78, 5) is 12.0. The average molecular weight is 359 g/mol. The first kappa shape index (κ1) is 14.4. The van der Waals surface area contributed by atoms with Crippen molar-refractivity contribution in [2.24, 2.45) is 0 Å². The molecule has 0 spiro atoms. The van der Waals surface area contributed by atoms with Crippen LogP contribution in [0, 0.1) is 0 Å². The second kappa shape index (κ2) is 6.42. The van der Waals surface area contributed by atoms with Crippen molar-refractivity contribution in [1.29, 1.82) is 0 Å². The van der Waals surface area contributed by atoms with Gasteiger partial charge in [-0.25, -0.2) is 0 Å². The predicted octanol–water partition coefficient (Wildman–Crippen LogP) is 4.69. The molecular weight excluding hydrogens is 349 g/mol. The van der Waals surface area contributed by atoms with Crippen LogP contribution in [0.25, 0.3) is 0 Å². The molecule has 2 nitrogen and oxygen atoms in total. The van der Waals surface area contributed by atoms with Gasteiger partial charge in [-0.05, 0) is 29.8 Å². The highest BCUT2D eigenvalue weighted by Crippen LogP contribution is 2.20. The van der Waals surface area contributed by atoms with Gasteiger partial charge in [-0.15, -0.1) is 0 Å². The number of hydrogen-bond donors (Lipinski definition) is 1. The van der Waals surface area contributed by atoms with Gasteiger partial charge in [0.05, 0.1) is 0 Å². The number of amides is 1. The molecule has 1 amide bonds. The lowest BCUT2D eigenvalue weighted by Gasteiger charge is -2.07. The summed E-state index contributed by atoms with van der Waals surface area (Å²) in [6, 6.07) is 12.5. The Hall–Kier alpha value is -1.03. The Morgan fingerprint density at radius 1 is 1.16 bits per heavy atom. The molecule has 0 aliphatic heterocycles. The Morgan fingerprint density at radius 3 is 2.58 bits per heavy atom. The maximum atomic E-state index is 12.0. The minimum absolute atomic E-state index is 0.192. The van der Waals surface area contributed by atoms with Crippen LogP contribution in [-0.2, 0) is 6.54 Å². The van der Waals surface area contributed by atoms with Crippen LogP contribution in [0.2, 0.25) is 10.0 Å². The van der Waals surface area contributed by atoms with Crippen molar-refractivity contribution >= 4 is 45.0 Å². The Morgan fingerprint density at radius 2 is 1.89 bits per heavy atom. The van der Waals surface area contributed by atoms with E-state index in [2.05, 4.69) is 21.2 Å². The van der Waals surface area contributed by atoms with Crippen molar-refractivity contribution in [3.8, 4) is 0 Å². The van der Waals surface area contributed by atoms with E-state index < -0.39 is 0 Å². The van der Waals surface area contributed by atoms with Crippen LogP contribution in [0.3, 0.4) is 0 Å². The SMILES string of the molecule is O=C(NCc1ccccc1Cl)c1cc(Cl)cc(Br)c1. The molecule has 98 valence electrons. The first-order valence-electron chi connectivity index (χ1n) is 5.54. The Balaban J connectivity index is 2.08. The number of carbonyl (C=O) groups excluding carboxylic acids is 1. The zero-order valence-electron chi connectivity index (χ0n) is 9.79. The molecule has 0 unspecified atom stereocenters. The van der Waals surface area contributed by atoms with E-state index in [1.807, 2.05) is 18.2 Å². The van der Waals surface area contributed by atoms with Crippen LogP contribution in [0.15, 0.2) is 46.9 Å². The minimum Gasteiger partial charge on any atom is -0.348 e. The molecule has 0 aliphatic carbocycles. The highest BCUT2D eigenvalue weighted by atomic mass is 79.9. The van der Waals surface area contributed by atoms with Crippen LogP contribution >= 0.6 is 39.1 Å². The normalized spacial score (nSPS) is 10.3. The van der Waals surface area contributed by atoms with E-state index in [9.17, 15) is 4.79 Å². The van der Waals surface area contributed by atoms with Gasteiger partial charge in [0.2, 0.25) is 0 Å². The molecule has 0 atom stereocenters. The molecule has 0 saturated heterocycles. The molecule has 0 aromatic heterocycles. The number of hydrogen-bond acceptors (Lipinski definition) is 1. The van der Waals surface area contributed by atoms with E-state index >= 15 is 0 Å². The predicted molar refractivity (Wildman–Crippen MR) is 81.8 cm³/mol. The van der Waals surface area contributed by atoms with Gasteiger partial charge in [0.15, 0.2) is 0 Å². The van der Waals surface area contributed by atoms with Crippen LogP contribution in [0.5, 0.6) is 0 Å². The lowest BCUT2D eigenvalue weighted by molar-refractivity contribution is 0.0951. The maximum absolute atomic E-state index is 12.0. The Kier molecular flexibility index (Phi) is 4.86. The van der Waals surface area contributed by atoms with Crippen molar-refractivity contribution in [3.63, 3.8) is 0 Å². The van der Waals surface area contributed by atoms with Gasteiger partial charge in [-0.2, -0.15) is 0 Å². The summed E-state index contributed by atoms with van der Waals surface area (Å²) in [5, 5.41) is 3.95. The summed E-state index contributed by atoms with van der Waals surface area (Å²) < 4.78 is 0.767. The van der Waals surface area contributed by atoms with Crippen molar-refractivity contribution in [2.45, 2.75) is 6.54 Å². The van der Waals surface area contributed by atoms with Crippen molar-refractivity contribution in [2.75, 3.05) is 0 Å². The second-order valence-electron chi connectivity index (χ2n) is 3.93. The largest absolute Gasteiger partial charge is 0.348 e. The molecule has 2 aromatic rings. The van der Waals surface area contributed by atoms with E-state index in [1.54, 1.807) is 24.3 Å². The van der Waals surface area contributed by atoms with E-state index in [4.69, 9.17) is 23.2 Å². The fourth-order valence-electron chi connectivity index (χ4n) is 1.60. The lowest BCUT2D eigenvalue weighted by Crippen LogP contribution is -2.22. The first-order chi connectivity index (χ1) is 9.06. The van der Waals surface area contributed by atoms with Gasteiger partial charge < -0.3 is 5.32 Å². The number of rotatable bonds is 3. The highest BCUT2D eigenvalue weighted by molar-refractivity contribution is 9.10. The number of nitrogens with one attached hydrogen (secondary N) is 1. The van der Waals surface area contributed by atoms with Crippen molar-refractivity contribution in [1.82, 2.24) is 5.32 Å². The van der Waals surface area contributed by atoms with Gasteiger partial charge in [-0.1, -0.05) is 57.3 Å². The zero-order chi connectivity index (χ0) is 13.8. The lowest BCUT2D eigenvalue weighted by atomic mass is 10.2. The monoisotopic (exact) mass is 357 g/mol. The molecule has 0 aliphatic rings. The molecule has 2 aromatic carbocycles. The van der Waals surface area contributed by atoms with E-state index in [1.165, 1.54) is 0 Å². The summed E-state index contributed by atoms with van der Waals surface area (Å²) in [5.41, 5.74) is 1.38. The van der Waals surface area contributed by atoms with Gasteiger partial charge in [0.1, 0.15) is 0 Å². The van der Waals surface area contributed by atoms with Crippen molar-refractivity contribution < 1.29 is 4.79 Å². The summed E-state index contributed by atoms with van der Waals surface area (Å²) in [6.07, 6.45) is 0. The van der Waals surface area contributed by atoms with Gasteiger partial charge >= 0.3 is 0 Å². The molecule has 0 saturated carbocycles. The Bertz CT molecular complexity index is 596. The summed E-state index contributed by atoms with van der Waals surface area (Å²) in [5.74, 6) is -0.192. The zero-order valence-corrected chi connectivity index (χ0v) is 12.9. The van der Waals surface area contributed by atoms with Crippen molar-refractivity contribution in [3.05, 3.63) is 68.1 Å². The summed E-state index contributed by atoms with van der Waals surface area (Å²) in [7, 11) is 0. The van der Waals surface area contributed by atoms with Gasteiger partial charge in [-0.3, -0.25) is 4.79 Å². The molecule has 5 heteroatoms. The molecule has 0 bridgehead atoms. The first-order valence-corrected chi connectivity index (χ1v) is 7.09. The maximum Gasteiger partial charge on any atom is 0.251 e. The van der Waals surface area contributed by atoms with Crippen LogP contribution in [0.1, 0.15) is 15.9 Å². The molecular formula is C14H10BrCl2NO. The summed E-state index contributed by atoms with van der Waals surface area (Å²) >= 11 is 15.2. The topological polar surface area (TPSA) is 29.1 Å². The highest BCUT2D eigenvalue weighted by Gasteiger charge is 2.08. The third-order valence-electron chi connectivity index (χ3n) is 2.52. The number of carbonyl (C=O) groups is 1. The molecule has 2 rings (SSSR count). The van der Waals surface area contributed by atoms with Gasteiger partial charge in [0.25, 0.3) is 5.91 Å². The quantitative estimate of drug-likeness (QED) is 0.847. The van der Waals surface area contributed by atoms with Crippen LogP contribution in [-0.4, -0.2) is 5.91 Å². The fourth-order valence-corrected chi connectivity index (χ4v) is 2.67. The summed E-state index contributed by atoms with van der Waals surface area (Å²) in [6.45, 7) is 0.378. The smallest absolute Gasteiger partial charge is 0.251 e. The fraction of sp³-hybridized carbons (Fsp3) is 0.0714. The molecule has 0 heterocycles. The number of halogens is 3. The Labute approximate surface area is 129 Å². The number of benzene rings is 2. The van der Waals surface area contributed by atoms with Crippen LogP contribution < -0.4 is 5.32 Å². The molecule has 1 N–H and O–H groups in total. The van der Waals surface area contributed by atoms with E-state index in [0.717, 1.165) is 10.0 Å². The van der Waals surface area contributed by atoms with Gasteiger partial charge in [0, 0.05) is 26.6 Å². The standard InChI is InChI=1S/C14H10BrCl2NO/c15-11-5-10(6-12(16)7-11)14(19)18-8-9-3-1-2-4-13(9)17/h1-7H,8H2,(H,18,19).